The summed E-state index contributed by atoms with van der Waals surface area (Å²) in [6, 6.07) is 0. The fraction of sp³-hybridized carbons (Fsp3) is 0.875. The van der Waals surface area contributed by atoms with Gasteiger partial charge >= 0.3 is 0 Å². The lowest BCUT2D eigenvalue weighted by Gasteiger charge is -2.32. The highest BCUT2D eigenvalue weighted by Gasteiger charge is 2.25. The van der Waals surface area contributed by atoms with Crippen LogP contribution in [0, 0.1) is 5.92 Å². The highest BCUT2D eigenvalue weighted by atomic mass is 35.5. The molecule has 0 aliphatic carbocycles. The molecule has 0 spiro atoms. The molecule has 12 heavy (non-hydrogen) atoms. The second kappa shape index (κ2) is 4.10. The van der Waals surface area contributed by atoms with Crippen LogP contribution in [0.2, 0.25) is 0 Å². The molecule has 0 aromatic heterocycles. The summed E-state index contributed by atoms with van der Waals surface area (Å²) in [5.74, 6) is 0.185. The van der Waals surface area contributed by atoms with Crippen molar-refractivity contribution >= 4 is 17.5 Å². The molecule has 1 aliphatic heterocycles. The molecule has 3 nitrogen and oxygen atoms in total. The van der Waals surface area contributed by atoms with E-state index in [2.05, 4.69) is 6.92 Å². The molecule has 1 saturated heterocycles. The molecule has 0 aromatic rings. The van der Waals surface area contributed by atoms with Crippen LogP contribution < -0.4 is 5.73 Å². The number of carbonyl (C=O) groups is 1. The highest BCUT2D eigenvalue weighted by molar-refractivity contribution is 6.30. The predicted molar refractivity (Wildman–Crippen MR) is 48.8 cm³/mol. The predicted octanol–water partition coefficient (Wildman–Crippen LogP) is 0.769. The molecular formula is C8H15ClN2O. The van der Waals surface area contributed by atoms with E-state index in [-0.39, 0.29) is 0 Å². The lowest BCUT2D eigenvalue weighted by Crippen LogP contribution is -2.45. The Hall–Kier alpha value is -0.280. The fourth-order valence-electron chi connectivity index (χ4n) is 1.61. The fourth-order valence-corrected chi connectivity index (χ4v) is 1.79. The van der Waals surface area contributed by atoms with E-state index in [1.54, 1.807) is 0 Å². The number of amides is 1. The van der Waals surface area contributed by atoms with Crippen molar-refractivity contribution in [3.8, 4) is 0 Å². The van der Waals surface area contributed by atoms with Crippen molar-refractivity contribution in [3.63, 3.8) is 0 Å². The molecule has 1 heterocycles. The number of hydrogen-bond donors (Lipinski definition) is 1. The molecule has 1 aliphatic rings. The summed E-state index contributed by atoms with van der Waals surface area (Å²) in [7, 11) is 0. The monoisotopic (exact) mass is 190 g/mol. The van der Waals surface area contributed by atoms with E-state index < -0.39 is 11.4 Å². The Morgan fingerprint density at radius 1 is 1.75 bits per heavy atom. The van der Waals surface area contributed by atoms with Crippen LogP contribution in [0.3, 0.4) is 0 Å². The quantitative estimate of drug-likeness (QED) is 0.517. The Kier molecular flexibility index (Phi) is 3.35. The van der Waals surface area contributed by atoms with Crippen LogP contribution in [0.4, 0.5) is 0 Å². The summed E-state index contributed by atoms with van der Waals surface area (Å²) in [6.45, 7) is 3.94. The van der Waals surface area contributed by atoms with Gasteiger partial charge in [-0.15, -0.1) is 0 Å². The highest BCUT2D eigenvalue weighted by Crippen LogP contribution is 2.18. The zero-order valence-corrected chi connectivity index (χ0v) is 8.05. The number of halogens is 1. The molecule has 1 rings (SSSR count). The lowest BCUT2D eigenvalue weighted by molar-refractivity contribution is -0.121. The van der Waals surface area contributed by atoms with E-state index in [0.29, 0.717) is 5.92 Å². The van der Waals surface area contributed by atoms with Gasteiger partial charge in [0.05, 0.1) is 0 Å². The number of likely N-dealkylation sites (tertiary alicyclic amines) is 1. The number of hydrogen-bond acceptors (Lipinski definition) is 2. The third-order valence-electron chi connectivity index (χ3n) is 2.24. The summed E-state index contributed by atoms with van der Waals surface area (Å²) in [4.78, 5) is 12.7. The van der Waals surface area contributed by atoms with Gasteiger partial charge in [-0.2, -0.15) is 0 Å². The molecular weight excluding hydrogens is 176 g/mol. The van der Waals surface area contributed by atoms with Crippen molar-refractivity contribution in [2.45, 2.75) is 25.3 Å². The van der Waals surface area contributed by atoms with Gasteiger partial charge < -0.3 is 5.73 Å². The van der Waals surface area contributed by atoms with Gasteiger partial charge in [-0.05, 0) is 18.8 Å². The molecule has 70 valence electrons. The van der Waals surface area contributed by atoms with Gasteiger partial charge in [0, 0.05) is 13.1 Å². The van der Waals surface area contributed by atoms with Crippen molar-refractivity contribution in [3.05, 3.63) is 0 Å². The Morgan fingerprint density at radius 3 is 2.92 bits per heavy atom. The van der Waals surface area contributed by atoms with Crippen molar-refractivity contribution in [1.29, 1.82) is 0 Å². The van der Waals surface area contributed by atoms with E-state index in [4.69, 9.17) is 17.3 Å². The van der Waals surface area contributed by atoms with Crippen LogP contribution in [-0.4, -0.2) is 29.4 Å². The van der Waals surface area contributed by atoms with Gasteiger partial charge in [0.1, 0.15) is 0 Å². The van der Waals surface area contributed by atoms with Gasteiger partial charge in [0.15, 0.2) is 5.50 Å². The SMILES string of the molecule is CC1CCCN(C(Cl)C(N)=O)C1. The van der Waals surface area contributed by atoms with Crippen LogP contribution >= 0.6 is 11.6 Å². The maximum Gasteiger partial charge on any atom is 0.250 e. The first kappa shape index (κ1) is 9.81. The summed E-state index contributed by atoms with van der Waals surface area (Å²) < 4.78 is 0. The first-order valence-corrected chi connectivity index (χ1v) is 4.72. The minimum absolute atomic E-state index is 0.439. The maximum atomic E-state index is 10.8. The van der Waals surface area contributed by atoms with Crippen molar-refractivity contribution < 1.29 is 4.79 Å². The van der Waals surface area contributed by atoms with Crippen LogP contribution in [0.1, 0.15) is 19.8 Å². The third kappa shape index (κ3) is 2.35. The molecule has 0 aromatic carbocycles. The zero-order valence-electron chi connectivity index (χ0n) is 7.29. The Labute approximate surface area is 77.9 Å². The minimum Gasteiger partial charge on any atom is -0.367 e. The first-order valence-electron chi connectivity index (χ1n) is 4.28. The smallest absolute Gasteiger partial charge is 0.250 e. The molecule has 4 heteroatoms. The molecule has 0 radical (unpaired) electrons. The van der Waals surface area contributed by atoms with Gasteiger partial charge in [-0.25, -0.2) is 0 Å². The van der Waals surface area contributed by atoms with Crippen molar-refractivity contribution in [2.75, 3.05) is 13.1 Å². The van der Waals surface area contributed by atoms with E-state index >= 15 is 0 Å². The largest absolute Gasteiger partial charge is 0.367 e. The lowest BCUT2D eigenvalue weighted by atomic mass is 10.0. The first-order chi connectivity index (χ1) is 5.61. The summed E-state index contributed by atoms with van der Waals surface area (Å²) in [6.07, 6.45) is 2.33. The second-order valence-electron chi connectivity index (χ2n) is 3.48. The van der Waals surface area contributed by atoms with Gasteiger partial charge in [-0.1, -0.05) is 18.5 Å². The van der Waals surface area contributed by atoms with E-state index in [1.807, 2.05) is 4.90 Å². The van der Waals surface area contributed by atoms with E-state index in [9.17, 15) is 4.79 Å². The number of rotatable bonds is 2. The number of nitrogens with two attached hydrogens (primary N) is 1. The second-order valence-corrected chi connectivity index (χ2v) is 3.89. The average Bonchev–Trinajstić information content (AvgIpc) is 2.03. The zero-order chi connectivity index (χ0) is 9.14. The van der Waals surface area contributed by atoms with Gasteiger partial charge in [0.2, 0.25) is 5.91 Å². The van der Waals surface area contributed by atoms with E-state index in [1.165, 1.54) is 6.42 Å². The van der Waals surface area contributed by atoms with Crippen molar-refractivity contribution in [2.24, 2.45) is 11.7 Å². The van der Waals surface area contributed by atoms with Crippen LogP contribution in [0.5, 0.6) is 0 Å². The molecule has 0 bridgehead atoms. The topological polar surface area (TPSA) is 46.3 Å². The van der Waals surface area contributed by atoms with Crippen molar-refractivity contribution in [1.82, 2.24) is 4.90 Å². The molecule has 2 unspecified atom stereocenters. The molecule has 2 N–H and O–H groups in total. The third-order valence-corrected chi connectivity index (χ3v) is 2.73. The number of nitrogens with zero attached hydrogens (tertiary/aromatic N) is 1. The number of primary amides is 1. The van der Waals surface area contributed by atoms with Crippen LogP contribution in [0.25, 0.3) is 0 Å². The van der Waals surface area contributed by atoms with E-state index in [0.717, 1.165) is 19.5 Å². The summed E-state index contributed by atoms with van der Waals surface area (Å²) in [5, 5.41) is 0. The number of piperidine rings is 1. The standard InChI is InChI=1S/C8H15ClN2O/c1-6-3-2-4-11(5-6)7(9)8(10)12/h6-7H,2-5H2,1H3,(H2,10,12). The Balaban J connectivity index is 2.45. The van der Waals surface area contributed by atoms with Crippen LogP contribution in [0.15, 0.2) is 0 Å². The molecule has 1 amide bonds. The summed E-state index contributed by atoms with van der Waals surface area (Å²) >= 11 is 5.81. The number of alkyl halides is 1. The minimum atomic E-state index is -0.618. The van der Waals surface area contributed by atoms with Crippen LogP contribution in [-0.2, 0) is 4.79 Å². The Bertz CT molecular complexity index is 174. The Morgan fingerprint density at radius 2 is 2.42 bits per heavy atom. The summed E-state index contributed by atoms with van der Waals surface area (Å²) in [5.41, 5.74) is 4.48. The molecule has 2 atom stereocenters. The number of carbonyl (C=O) groups excluding carboxylic acids is 1. The molecule has 1 fully saturated rings. The van der Waals surface area contributed by atoms with Gasteiger partial charge in [0.25, 0.3) is 0 Å². The van der Waals surface area contributed by atoms with Gasteiger partial charge in [-0.3, -0.25) is 9.69 Å². The molecule has 0 saturated carbocycles. The normalized spacial score (nSPS) is 28.3. The average molecular weight is 191 g/mol. The maximum absolute atomic E-state index is 10.8.